The van der Waals surface area contributed by atoms with Gasteiger partial charge in [-0.25, -0.2) is 0 Å². The van der Waals surface area contributed by atoms with Crippen molar-refractivity contribution in [2.45, 2.75) is 17.1 Å². The van der Waals surface area contributed by atoms with E-state index >= 15 is 0 Å². The van der Waals surface area contributed by atoms with E-state index in [1.807, 2.05) is 6.07 Å². The highest BCUT2D eigenvalue weighted by atomic mass is 32.2. The molecule has 0 spiro atoms. The average Bonchev–Trinajstić information content (AvgIpc) is 2.36. The van der Waals surface area contributed by atoms with Crippen molar-refractivity contribution in [3.05, 3.63) is 18.2 Å². The molecule has 0 aromatic heterocycles. The first-order valence-corrected chi connectivity index (χ1v) is 6.13. The van der Waals surface area contributed by atoms with Crippen LogP contribution in [0, 0.1) is 11.3 Å². The van der Waals surface area contributed by atoms with Gasteiger partial charge in [0, 0.05) is 11.0 Å². The number of nitriles is 1. The van der Waals surface area contributed by atoms with Gasteiger partial charge in [0.15, 0.2) is 11.5 Å². The highest BCUT2D eigenvalue weighted by Crippen LogP contribution is 2.32. The minimum absolute atomic E-state index is 0.497. The first kappa shape index (κ1) is 11.0. The van der Waals surface area contributed by atoms with Crippen LogP contribution in [0.2, 0.25) is 0 Å². The van der Waals surface area contributed by atoms with Crippen LogP contribution >= 0.6 is 0 Å². The first-order chi connectivity index (χ1) is 7.72. The van der Waals surface area contributed by atoms with Crippen LogP contribution in [0.5, 0.6) is 11.5 Å². The Balaban J connectivity index is 2.30. The predicted octanol–water partition coefficient (Wildman–Crippen LogP) is 1.48. The van der Waals surface area contributed by atoms with Gasteiger partial charge in [0.05, 0.1) is 16.9 Å². The molecule has 16 heavy (non-hydrogen) atoms. The summed E-state index contributed by atoms with van der Waals surface area (Å²) in [5.74, 6) is 1.26. The fourth-order valence-corrected chi connectivity index (χ4v) is 2.33. The number of nitrogens with zero attached hydrogens (tertiary/aromatic N) is 1. The molecule has 2 atom stereocenters. The summed E-state index contributed by atoms with van der Waals surface area (Å²) in [6.45, 7) is 2.66. The Morgan fingerprint density at radius 2 is 2.06 bits per heavy atom. The Kier molecular flexibility index (Phi) is 3.11. The van der Waals surface area contributed by atoms with Gasteiger partial charge in [-0.1, -0.05) is 0 Å². The maximum Gasteiger partial charge on any atom is 0.162 e. The van der Waals surface area contributed by atoms with Gasteiger partial charge in [0.25, 0.3) is 0 Å². The summed E-state index contributed by atoms with van der Waals surface area (Å²) < 4.78 is 22.6. The summed E-state index contributed by atoms with van der Waals surface area (Å²) in [7, 11) is -1.32. The molecule has 1 aromatic carbocycles. The molecule has 0 N–H and O–H groups in total. The molecule has 0 amide bonds. The number of fused-ring (bicyclic) bond motifs is 1. The third-order valence-electron chi connectivity index (χ3n) is 2.25. The smallest absolute Gasteiger partial charge is 0.162 e. The lowest BCUT2D eigenvalue weighted by atomic mass is 10.3. The molecule has 0 saturated heterocycles. The Morgan fingerprint density at radius 1 is 1.38 bits per heavy atom. The molecule has 0 aliphatic carbocycles. The van der Waals surface area contributed by atoms with Crippen LogP contribution in [-0.4, -0.2) is 22.7 Å². The number of hydrogen-bond donors (Lipinski definition) is 0. The van der Waals surface area contributed by atoms with E-state index < -0.39 is 16.0 Å². The standard InChI is InChI=1S/C11H11NO3S/c1-8(7-12)16(13)9-2-3-10-11(6-9)15-5-4-14-10/h2-3,6,8H,4-5H2,1H3. The van der Waals surface area contributed by atoms with Crippen LogP contribution in [0.15, 0.2) is 23.1 Å². The minimum atomic E-state index is -1.32. The molecule has 2 unspecified atom stereocenters. The Bertz CT molecular complexity index is 467. The topological polar surface area (TPSA) is 59.3 Å². The molecule has 5 heteroatoms. The lowest BCUT2D eigenvalue weighted by Gasteiger charge is -2.18. The van der Waals surface area contributed by atoms with E-state index in [0.717, 1.165) is 0 Å². The largest absolute Gasteiger partial charge is 0.486 e. The van der Waals surface area contributed by atoms with Gasteiger partial charge < -0.3 is 9.47 Å². The molecule has 1 aromatic rings. The van der Waals surface area contributed by atoms with E-state index in [4.69, 9.17) is 14.7 Å². The van der Waals surface area contributed by atoms with Gasteiger partial charge in [0.1, 0.15) is 18.5 Å². The van der Waals surface area contributed by atoms with Gasteiger partial charge >= 0.3 is 0 Å². The average molecular weight is 237 g/mol. The van der Waals surface area contributed by atoms with Crippen molar-refractivity contribution >= 4 is 10.8 Å². The maximum absolute atomic E-state index is 11.9. The molecule has 0 saturated carbocycles. The second-order valence-electron chi connectivity index (χ2n) is 3.37. The zero-order chi connectivity index (χ0) is 11.5. The van der Waals surface area contributed by atoms with E-state index in [-0.39, 0.29) is 0 Å². The Labute approximate surface area is 96.2 Å². The number of ether oxygens (including phenoxy) is 2. The molecule has 2 rings (SSSR count). The third-order valence-corrected chi connectivity index (χ3v) is 3.72. The summed E-state index contributed by atoms with van der Waals surface area (Å²) >= 11 is 0. The lowest BCUT2D eigenvalue weighted by molar-refractivity contribution is 0.171. The molecule has 4 nitrogen and oxygen atoms in total. The van der Waals surface area contributed by atoms with Crippen LogP contribution in [0.25, 0.3) is 0 Å². The van der Waals surface area contributed by atoms with Crippen molar-refractivity contribution in [3.63, 3.8) is 0 Å². The van der Waals surface area contributed by atoms with Crippen LogP contribution < -0.4 is 9.47 Å². The fraction of sp³-hybridized carbons (Fsp3) is 0.364. The van der Waals surface area contributed by atoms with Crippen LogP contribution in [0.3, 0.4) is 0 Å². The zero-order valence-corrected chi connectivity index (χ0v) is 9.62. The SMILES string of the molecule is CC(C#N)S(=O)c1ccc2c(c1)OCCO2. The van der Waals surface area contributed by atoms with Crippen LogP contribution in [0.4, 0.5) is 0 Å². The summed E-state index contributed by atoms with van der Waals surface area (Å²) in [6, 6.07) is 7.08. The summed E-state index contributed by atoms with van der Waals surface area (Å²) in [6.07, 6.45) is 0. The van der Waals surface area contributed by atoms with Crippen molar-refractivity contribution in [2.24, 2.45) is 0 Å². The van der Waals surface area contributed by atoms with Gasteiger partial charge in [-0.15, -0.1) is 0 Å². The molecular formula is C11H11NO3S. The number of benzene rings is 1. The fourth-order valence-electron chi connectivity index (χ4n) is 1.40. The summed E-state index contributed by atoms with van der Waals surface area (Å²) in [4.78, 5) is 0.596. The minimum Gasteiger partial charge on any atom is -0.486 e. The van der Waals surface area contributed by atoms with Gasteiger partial charge in [0.2, 0.25) is 0 Å². The van der Waals surface area contributed by atoms with Crippen molar-refractivity contribution < 1.29 is 13.7 Å². The Morgan fingerprint density at radius 3 is 2.75 bits per heavy atom. The van der Waals surface area contributed by atoms with Gasteiger partial charge in [-0.2, -0.15) is 5.26 Å². The number of rotatable bonds is 2. The van der Waals surface area contributed by atoms with Crippen LogP contribution in [0.1, 0.15) is 6.92 Å². The summed E-state index contributed by atoms with van der Waals surface area (Å²) in [5, 5.41) is 8.18. The zero-order valence-electron chi connectivity index (χ0n) is 8.80. The first-order valence-electron chi connectivity index (χ1n) is 4.92. The summed E-state index contributed by atoms with van der Waals surface area (Å²) in [5.41, 5.74) is 0. The van der Waals surface area contributed by atoms with E-state index in [0.29, 0.717) is 29.6 Å². The normalized spacial score (nSPS) is 17.2. The second-order valence-corrected chi connectivity index (χ2v) is 5.15. The molecule has 1 heterocycles. The van der Waals surface area contributed by atoms with Gasteiger partial charge in [-0.05, 0) is 19.1 Å². The Hall–Kier alpha value is -1.54. The molecule has 1 aliphatic rings. The molecular weight excluding hydrogens is 226 g/mol. The van der Waals surface area contributed by atoms with Crippen molar-refractivity contribution in [1.82, 2.24) is 0 Å². The predicted molar refractivity (Wildman–Crippen MR) is 58.9 cm³/mol. The molecule has 1 aliphatic heterocycles. The molecule has 0 bridgehead atoms. The molecule has 0 fully saturated rings. The van der Waals surface area contributed by atoms with Crippen LogP contribution in [-0.2, 0) is 10.8 Å². The van der Waals surface area contributed by atoms with E-state index in [9.17, 15) is 4.21 Å². The second kappa shape index (κ2) is 4.54. The van der Waals surface area contributed by atoms with Gasteiger partial charge in [-0.3, -0.25) is 4.21 Å². The quantitative estimate of drug-likeness (QED) is 0.781. The molecule has 84 valence electrons. The molecule has 0 radical (unpaired) electrons. The van der Waals surface area contributed by atoms with E-state index in [1.54, 1.807) is 25.1 Å². The van der Waals surface area contributed by atoms with Crippen molar-refractivity contribution in [1.29, 1.82) is 5.26 Å². The van der Waals surface area contributed by atoms with E-state index in [2.05, 4.69) is 0 Å². The van der Waals surface area contributed by atoms with Crippen molar-refractivity contribution in [2.75, 3.05) is 13.2 Å². The third kappa shape index (κ3) is 2.02. The lowest BCUT2D eigenvalue weighted by Crippen LogP contribution is -2.16. The highest BCUT2D eigenvalue weighted by molar-refractivity contribution is 7.86. The monoisotopic (exact) mass is 237 g/mol. The highest BCUT2D eigenvalue weighted by Gasteiger charge is 2.17. The van der Waals surface area contributed by atoms with E-state index in [1.165, 1.54) is 0 Å². The maximum atomic E-state index is 11.9. The number of hydrogen-bond acceptors (Lipinski definition) is 4. The van der Waals surface area contributed by atoms with Crippen molar-refractivity contribution in [3.8, 4) is 17.6 Å².